The number of hydrogen-bond acceptors (Lipinski definition) is 5. The van der Waals surface area contributed by atoms with Crippen LogP contribution in [-0.2, 0) is 35.5 Å². The minimum atomic E-state index is -0.903. The third-order valence-electron chi connectivity index (χ3n) is 5.96. The number of amides is 1. The van der Waals surface area contributed by atoms with E-state index in [0.29, 0.717) is 30.8 Å². The second kappa shape index (κ2) is 10.3. The average Bonchev–Trinajstić information content (AvgIpc) is 2.86. The monoisotopic (exact) mass is 461 g/mol. The number of fused-ring (bicyclic) bond motifs is 1. The van der Waals surface area contributed by atoms with Crippen LogP contribution in [0.5, 0.6) is 11.5 Å². The first-order valence-corrected chi connectivity index (χ1v) is 11.0. The molecule has 34 heavy (non-hydrogen) atoms. The Bertz CT molecular complexity index is 1190. The van der Waals surface area contributed by atoms with Crippen molar-refractivity contribution in [2.45, 2.75) is 26.0 Å². The predicted octanol–water partition coefficient (Wildman–Crippen LogP) is 4.69. The molecule has 7 heteroatoms. The molecule has 0 fully saturated rings. The molecule has 1 heterocycles. The quantitative estimate of drug-likeness (QED) is 0.549. The van der Waals surface area contributed by atoms with Crippen molar-refractivity contribution in [1.82, 2.24) is 4.90 Å². The number of nitrogens with zero attached hydrogens (tertiary/aromatic N) is 1. The van der Waals surface area contributed by atoms with Crippen molar-refractivity contribution in [3.05, 3.63) is 82.9 Å². The van der Waals surface area contributed by atoms with Crippen LogP contribution in [0.25, 0.3) is 11.1 Å². The van der Waals surface area contributed by atoms with Crippen LogP contribution in [0.4, 0.5) is 4.79 Å². The van der Waals surface area contributed by atoms with Crippen molar-refractivity contribution in [2.24, 2.45) is 0 Å². The van der Waals surface area contributed by atoms with Gasteiger partial charge in [-0.2, -0.15) is 0 Å². The van der Waals surface area contributed by atoms with Crippen LogP contribution in [0.1, 0.15) is 22.3 Å². The highest BCUT2D eigenvalue weighted by atomic mass is 16.6. The lowest BCUT2D eigenvalue weighted by atomic mass is 9.89. The molecule has 0 atom stereocenters. The molecule has 0 saturated carbocycles. The van der Waals surface area contributed by atoms with Gasteiger partial charge in [0.25, 0.3) is 0 Å². The summed E-state index contributed by atoms with van der Waals surface area (Å²) >= 11 is 0. The van der Waals surface area contributed by atoms with Crippen LogP contribution in [0.2, 0.25) is 0 Å². The normalized spacial score (nSPS) is 12.6. The van der Waals surface area contributed by atoms with Crippen molar-refractivity contribution in [1.29, 1.82) is 0 Å². The Morgan fingerprint density at radius 1 is 0.882 bits per heavy atom. The van der Waals surface area contributed by atoms with Gasteiger partial charge in [0.05, 0.1) is 27.2 Å². The summed E-state index contributed by atoms with van der Waals surface area (Å²) in [5.41, 5.74) is 5.21. The van der Waals surface area contributed by atoms with Gasteiger partial charge in [-0.05, 0) is 46.9 Å². The molecular formula is C27H27NO6. The zero-order valence-corrected chi connectivity index (χ0v) is 19.2. The Labute approximate surface area is 198 Å². The van der Waals surface area contributed by atoms with E-state index in [1.165, 1.54) is 0 Å². The highest BCUT2D eigenvalue weighted by Crippen LogP contribution is 2.40. The van der Waals surface area contributed by atoms with E-state index in [0.717, 1.165) is 33.6 Å². The molecule has 1 aliphatic rings. The van der Waals surface area contributed by atoms with Crippen LogP contribution in [0.3, 0.4) is 0 Å². The average molecular weight is 462 g/mol. The van der Waals surface area contributed by atoms with Gasteiger partial charge in [0.2, 0.25) is 0 Å². The van der Waals surface area contributed by atoms with Gasteiger partial charge in [-0.15, -0.1) is 0 Å². The minimum absolute atomic E-state index is 0.0900. The van der Waals surface area contributed by atoms with Crippen LogP contribution in [-0.4, -0.2) is 42.8 Å². The largest absolute Gasteiger partial charge is 0.496 e. The van der Waals surface area contributed by atoms with Crippen molar-refractivity contribution >= 4 is 12.1 Å². The lowest BCUT2D eigenvalue weighted by Gasteiger charge is -2.31. The van der Waals surface area contributed by atoms with Crippen LogP contribution in [0.15, 0.2) is 60.7 Å². The zero-order valence-electron chi connectivity index (χ0n) is 19.2. The number of carboxylic acids is 1. The number of aliphatic carboxylic acids is 1. The molecule has 3 aromatic rings. The van der Waals surface area contributed by atoms with E-state index in [-0.39, 0.29) is 19.1 Å². The van der Waals surface area contributed by atoms with Gasteiger partial charge < -0.3 is 24.2 Å². The molecule has 1 amide bonds. The molecule has 7 nitrogen and oxygen atoms in total. The fourth-order valence-electron chi connectivity index (χ4n) is 4.30. The molecule has 0 radical (unpaired) electrons. The minimum Gasteiger partial charge on any atom is -0.496 e. The number of carbonyl (C=O) groups excluding carboxylic acids is 1. The first kappa shape index (κ1) is 23.2. The summed E-state index contributed by atoms with van der Waals surface area (Å²) in [6.45, 7) is 1.07. The van der Waals surface area contributed by atoms with Crippen LogP contribution < -0.4 is 9.47 Å². The highest BCUT2D eigenvalue weighted by molar-refractivity contribution is 5.79. The van der Waals surface area contributed by atoms with Crippen molar-refractivity contribution in [3.63, 3.8) is 0 Å². The highest BCUT2D eigenvalue weighted by Gasteiger charge is 2.27. The summed E-state index contributed by atoms with van der Waals surface area (Å²) in [6, 6.07) is 18.8. The molecule has 0 unspecified atom stereocenters. The van der Waals surface area contributed by atoms with E-state index in [4.69, 9.17) is 14.2 Å². The third kappa shape index (κ3) is 4.98. The Kier molecular flexibility index (Phi) is 7.01. The lowest BCUT2D eigenvalue weighted by molar-refractivity contribution is -0.136. The van der Waals surface area contributed by atoms with Gasteiger partial charge >= 0.3 is 12.1 Å². The molecule has 0 saturated heterocycles. The lowest BCUT2D eigenvalue weighted by Crippen LogP contribution is -2.36. The summed E-state index contributed by atoms with van der Waals surface area (Å²) in [5, 5.41) is 9.24. The van der Waals surface area contributed by atoms with Crippen molar-refractivity contribution in [3.8, 4) is 22.6 Å². The Balaban J connectivity index is 1.66. The molecule has 0 bridgehead atoms. The maximum atomic E-state index is 12.9. The van der Waals surface area contributed by atoms with Crippen LogP contribution >= 0.6 is 0 Å². The Hall–Kier alpha value is -4.00. The van der Waals surface area contributed by atoms with Gasteiger partial charge in [0.15, 0.2) is 0 Å². The van der Waals surface area contributed by atoms with Gasteiger partial charge in [-0.3, -0.25) is 4.79 Å². The van der Waals surface area contributed by atoms with E-state index < -0.39 is 5.97 Å². The second-order valence-corrected chi connectivity index (χ2v) is 8.09. The SMILES string of the molecule is COc1ccc(CC(=O)O)cc1-c1ccc(OC)c2c1CN(C(=O)OCc1ccccc1)CC2. The van der Waals surface area contributed by atoms with E-state index in [2.05, 4.69) is 0 Å². The molecule has 1 N–H and O–H groups in total. The number of carbonyl (C=O) groups is 2. The van der Waals surface area contributed by atoms with E-state index in [1.807, 2.05) is 48.5 Å². The molecule has 0 aliphatic carbocycles. The van der Waals surface area contributed by atoms with Crippen LogP contribution in [0, 0.1) is 0 Å². The molecular weight excluding hydrogens is 434 g/mol. The number of methoxy groups -OCH3 is 2. The van der Waals surface area contributed by atoms with Gasteiger partial charge in [-0.1, -0.05) is 42.5 Å². The molecule has 4 rings (SSSR count). The fraction of sp³-hybridized carbons (Fsp3) is 0.259. The van der Waals surface area contributed by atoms with E-state index in [1.54, 1.807) is 31.3 Å². The molecule has 0 aromatic heterocycles. The summed E-state index contributed by atoms with van der Waals surface area (Å²) in [5.74, 6) is 0.488. The molecule has 176 valence electrons. The number of carboxylic acid groups (broad SMARTS) is 1. The number of rotatable bonds is 7. The Morgan fingerprint density at radius 2 is 1.62 bits per heavy atom. The number of benzene rings is 3. The zero-order chi connectivity index (χ0) is 24.1. The first-order valence-electron chi connectivity index (χ1n) is 11.0. The Morgan fingerprint density at radius 3 is 2.32 bits per heavy atom. The number of hydrogen-bond donors (Lipinski definition) is 1. The van der Waals surface area contributed by atoms with Gasteiger partial charge in [0.1, 0.15) is 18.1 Å². The topological polar surface area (TPSA) is 85.3 Å². The standard InChI is InChI=1S/C27H27NO6/c1-32-24-11-9-20(22-14-19(15-26(29)30)8-10-25(22)33-2)23-16-28(13-12-21(23)24)27(31)34-17-18-6-4-3-5-7-18/h3-11,14H,12-13,15-17H2,1-2H3,(H,29,30). The smallest absolute Gasteiger partial charge is 0.410 e. The third-order valence-corrected chi connectivity index (χ3v) is 5.96. The maximum Gasteiger partial charge on any atom is 0.410 e. The summed E-state index contributed by atoms with van der Waals surface area (Å²) in [4.78, 5) is 25.8. The summed E-state index contributed by atoms with van der Waals surface area (Å²) in [6.07, 6.45) is 0.145. The molecule has 3 aromatic carbocycles. The molecule has 0 spiro atoms. The second-order valence-electron chi connectivity index (χ2n) is 8.09. The van der Waals surface area contributed by atoms with Crippen molar-refractivity contribution in [2.75, 3.05) is 20.8 Å². The van der Waals surface area contributed by atoms with Gasteiger partial charge in [0, 0.05) is 17.7 Å². The van der Waals surface area contributed by atoms with E-state index in [9.17, 15) is 14.7 Å². The molecule has 1 aliphatic heterocycles. The predicted molar refractivity (Wildman–Crippen MR) is 127 cm³/mol. The fourth-order valence-corrected chi connectivity index (χ4v) is 4.30. The summed E-state index contributed by atoms with van der Waals surface area (Å²) < 4.78 is 16.7. The van der Waals surface area contributed by atoms with E-state index >= 15 is 0 Å². The number of ether oxygens (including phenoxy) is 3. The maximum absolute atomic E-state index is 12.9. The van der Waals surface area contributed by atoms with Crippen molar-refractivity contribution < 1.29 is 28.9 Å². The van der Waals surface area contributed by atoms with Gasteiger partial charge in [-0.25, -0.2) is 4.79 Å². The first-order chi connectivity index (χ1) is 16.5. The summed E-state index contributed by atoms with van der Waals surface area (Å²) in [7, 11) is 3.21.